The Labute approximate surface area is 261 Å². The number of amides is 1. The molecule has 1 aliphatic carbocycles. The first-order valence-electron chi connectivity index (χ1n) is 15.5. The summed E-state index contributed by atoms with van der Waals surface area (Å²) in [6, 6.07) is 12.2. The van der Waals surface area contributed by atoms with Crippen LogP contribution in [-0.2, 0) is 11.2 Å². The van der Waals surface area contributed by atoms with Crippen molar-refractivity contribution in [3.05, 3.63) is 72.2 Å². The maximum atomic E-state index is 13.2. The molecule has 232 valence electrons. The van der Waals surface area contributed by atoms with E-state index < -0.39 is 0 Å². The number of rotatable bonds is 11. The molecule has 0 spiro atoms. The fourth-order valence-corrected chi connectivity index (χ4v) is 6.43. The first-order valence-corrected chi connectivity index (χ1v) is 15.5. The second kappa shape index (κ2) is 12.3. The van der Waals surface area contributed by atoms with E-state index in [2.05, 4.69) is 27.2 Å². The molecule has 2 atom stereocenters. The summed E-state index contributed by atoms with van der Waals surface area (Å²) < 4.78 is 12.5. The summed E-state index contributed by atoms with van der Waals surface area (Å²) in [5, 5.41) is 11.2. The maximum Gasteiger partial charge on any atom is 0.291 e. The fraction of sp³-hybridized carbons (Fsp3) is 0.394. The third-order valence-electron chi connectivity index (χ3n) is 8.92. The van der Waals surface area contributed by atoms with E-state index in [1.807, 2.05) is 53.7 Å². The quantitative estimate of drug-likeness (QED) is 0.204. The van der Waals surface area contributed by atoms with Crippen molar-refractivity contribution >= 4 is 17.4 Å². The highest BCUT2D eigenvalue weighted by molar-refractivity contribution is 5.91. The molecule has 2 fully saturated rings. The van der Waals surface area contributed by atoms with Crippen molar-refractivity contribution in [2.24, 2.45) is 0 Å². The second-order valence-electron chi connectivity index (χ2n) is 11.9. The lowest BCUT2D eigenvalue weighted by atomic mass is 10.0. The molecule has 5 aromatic rings. The van der Waals surface area contributed by atoms with Gasteiger partial charge in [0, 0.05) is 47.6 Å². The Bertz CT molecular complexity index is 1780. The van der Waals surface area contributed by atoms with Gasteiger partial charge in [0.25, 0.3) is 5.91 Å². The van der Waals surface area contributed by atoms with E-state index in [9.17, 15) is 4.79 Å². The van der Waals surface area contributed by atoms with Crippen LogP contribution >= 0.6 is 0 Å². The highest BCUT2D eigenvalue weighted by atomic mass is 16.5. The number of pyridine rings is 1. The van der Waals surface area contributed by atoms with Crippen molar-refractivity contribution in [1.29, 1.82) is 0 Å². The van der Waals surface area contributed by atoms with Gasteiger partial charge in [-0.2, -0.15) is 14.7 Å². The molecule has 1 saturated carbocycles. The Kier molecular flexibility index (Phi) is 7.88. The second-order valence-corrected chi connectivity index (χ2v) is 11.9. The number of nitrogens with one attached hydrogen (secondary N) is 1. The highest BCUT2D eigenvalue weighted by Crippen LogP contribution is 2.45. The van der Waals surface area contributed by atoms with E-state index in [-0.39, 0.29) is 23.8 Å². The number of benzene rings is 1. The number of hydrogen-bond donors (Lipinski definition) is 2. The molecule has 45 heavy (non-hydrogen) atoms. The fourth-order valence-electron chi connectivity index (χ4n) is 6.43. The Morgan fingerprint density at radius 3 is 2.56 bits per heavy atom. The standard InChI is InChI=1S/C33H37N9O3/c1-20-3-9-24(41(20)33(43)31-36-19-37-40-31)10-14-28-29(22-4-5-22)30(34)42-32(39-28)26(18-38-42)23-8-13-27(35-17-23)21-6-11-25(12-7-21)45-16-15-44-2/h6-8,11-13,17-20,22,24H,3-5,9-10,14-16,34H2,1-2H3,(H,36,37,40)/t20-,24-/m1/s1. The van der Waals surface area contributed by atoms with E-state index in [1.54, 1.807) is 11.6 Å². The van der Waals surface area contributed by atoms with Crippen LogP contribution in [0.2, 0.25) is 0 Å². The summed E-state index contributed by atoms with van der Waals surface area (Å²) >= 11 is 0. The number of aromatic nitrogens is 7. The number of carbonyl (C=O) groups excluding carboxylic acids is 1. The normalized spacial score (nSPS) is 18.1. The number of nitrogens with two attached hydrogens (primary N) is 1. The van der Waals surface area contributed by atoms with Crippen LogP contribution in [0.1, 0.15) is 66.8 Å². The number of methoxy groups -OCH3 is 1. The highest BCUT2D eigenvalue weighted by Gasteiger charge is 2.37. The number of carbonyl (C=O) groups is 1. The molecule has 12 heteroatoms. The number of nitrogens with zero attached hydrogens (tertiary/aromatic N) is 7. The first kappa shape index (κ1) is 28.9. The average Bonchev–Trinajstić information content (AvgIpc) is 3.40. The number of anilines is 1. The van der Waals surface area contributed by atoms with Gasteiger partial charge in [-0.05, 0) is 81.7 Å². The average molecular weight is 608 g/mol. The number of ether oxygens (including phenoxy) is 2. The van der Waals surface area contributed by atoms with Crippen LogP contribution in [0, 0.1) is 0 Å². The molecular weight excluding hydrogens is 570 g/mol. The zero-order chi connectivity index (χ0) is 30.9. The summed E-state index contributed by atoms with van der Waals surface area (Å²) in [6.07, 6.45) is 10.7. The van der Waals surface area contributed by atoms with Crippen LogP contribution in [-0.4, -0.2) is 78.0 Å². The summed E-state index contributed by atoms with van der Waals surface area (Å²) in [6.45, 7) is 3.15. The third-order valence-corrected chi connectivity index (χ3v) is 8.92. The lowest BCUT2D eigenvalue weighted by Gasteiger charge is -2.28. The lowest BCUT2D eigenvalue weighted by Crippen LogP contribution is -2.40. The van der Waals surface area contributed by atoms with Gasteiger partial charge < -0.3 is 20.1 Å². The van der Waals surface area contributed by atoms with Gasteiger partial charge in [-0.25, -0.2) is 9.97 Å². The van der Waals surface area contributed by atoms with Crippen LogP contribution in [0.25, 0.3) is 28.0 Å². The van der Waals surface area contributed by atoms with Crippen LogP contribution in [0.5, 0.6) is 5.75 Å². The molecule has 1 aromatic carbocycles. The number of nitrogen functional groups attached to an aromatic ring is 1. The van der Waals surface area contributed by atoms with Crippen LogP contribution in [0.15, 0.2) is 55.1 Å². The van der Waals surface area contributed by atoms with Gasteiger partial charge in [-0.3, -0.25) is 14.9 Å². The van der Waals surface area contributed by atoms with E-state index in [4.69, 9.17) is 25.2 Å². The van der Waals surface area contributed by atoms with Gasteiger partial charge in [-0.15, -0.1) is 0 Å². The summed E-state index contributed by atoms with van der Waals surface area (Å²) in [5.41, 5.74) is 13.2. The Balaban J connectivity index is 1.13. The molecule has 12 nitrogen and oxygen atoms in total. The van der Waals surface area contributed by atoms with Gasteiger partial charge in [0.2, 0.25) is 5.82 Å². The molecule has 1 aliphatic heterocycles. The maximum absolute atomic E-state index is 13.2. The van der Waals surface area contributed by atoms with Crippen LogP contribution < -0.4 is 10.5 Å². The molecular formula is C33H37N9O3. The monoisotopic (exact) mass is 607 g/mol. The molecule has 5 heterocycles. The molecule has 4 aromatic heterocycles. The Morgan fingerprint density at radius 1 is 1.02 bits per heavy atom. The predicted molar refractivity (Wildman–Crippen MR) is 169 cm³/mol. The summed E-state index contributed by atoms with van der Waals surface area (Å²) in [5.74, 6) is 2.02. The van der Waals surface area contributed by atoms with Crippen molar-refractivity contribution in [3.8, 4) is 28.1 Å². The Hall–Kier alpha value is -4.84. The zero-order valence-electron chi connectivity index (χ0n) is 25.5. The van der Waals surface area contributed by atoms with Gasteiger partial charge in [0.15, 0.2) is 5.65 Å². The van der Waals surface area contributed by atoms with E-state index >= 15 is 0 Å². The SMILES string of the molecule is COCCOc1ccc(-c2ccc(-c3cnn4c(N)c(C5CC5)c(CC[C@H]5CC[C@@H](C)N5C(=O)c5ncn[nH]5)nc34)cn2)cc1. The minimum Gasteiger partial charge on any atom is -0.491 e. The smallest absolute Gasteiger partial charge is 0.291 e. The van der Waals surface area contributed by atoms with Crippen LogP contribution in [0.3, 0.4) is 0 Å². The van der Waals surface area contributed by atoms with E-state index in [1.165, 1.54) is 6.33 Å². The van der Waals surface area contributed by atoms with E-state index in [0.717, 1.165) is 77.9 Å². The molecule has 0 unspecified atom stereocenters. The number of H-pyrrole nitrogens is 1. The topological polar surface area (TPSA) is 149 Å². The number of likely N-dealkylation sites (tertiary alicyclic amines) is 1. The summed E-state index contributed by atoms with van der Waals surface area (Å²) in [7, 11) is 1.65. The minimum absolute atomic E-state index is 0.0935. The molecule has 0 bridgehead atoms. The molecule has 1 saturated heterocycles. The van der Waals surface area contributed by atoms with Gasteiger partial charge in [-0.1, -0.05) is 6.07 Å². The van der Waals surface area contributed by atoms with Crippen molar-refractivity contribution in [1.82, 2.24) is 39.7 Å². The first-order chi connectivity index (χ1) is 22.0. The van der Waals surface area contributed by atoms with Gasteiger partial charge in [0.1, 0.15) is 24.5 Å². The van der Waals surface area contributed by atoms with Gasteiger partial charge in [0.05, 0.1) is 24.2 Å². The number of hydrogen-bond acceptors (Lipinski definition) is 9. The van der Waals surface area contributed by atoms with E-state index in [0.29, 0.717) is 30.6 Å². The van der Waals surface area contributed by atoms with Crippen molar-refractivity contribution < 1.29 is 14.3 Å². The molecule has 2 aliphatic rings. The number of aryl methyl sites for hydroxylation is 1. The van der Waals surface area contributed by atoms with Crippen LogP contribution in [0.4, 0.5) is 5.82 Å². The van der Waals surface area contributed by atoms with Gasteiger partial charge >= 0.3 is 0 Å². The number of fused-ring (bicyclic) bond motifs is 1. The van der Waals surface area contributed by atoms with Crippen molar-refractivity contribution in [3.63, 3.8) is 0 Å². The minimum atomic E-state index is -0.104. The molecule has 1 amide bonds. The number of aromatic amines is 1. The zero-order valence-corrected chi connectivity index (χ0v) is 25.5. The largest absolute Gasteiger partial charge is 0.491 e. The van der Waals surface area contributed by atoms with Crippen molar-refractivity contribution in [2.45, 2.75) is 63.5 Å². The predicted octanol–water partition coefficient (Wildman–Crippen LogP) is 4.69. The molecule has 3 N–H and O–H groups in total. The molecule has 0 radical (unpaired) electrons. The van der Waals surface area contributed by atoms with Crippen molar-refractivity contribution in [2.75, 3.05) is 26.1 Å². The summed E-state index contributed by atoms with van der Waals surface area (Å²) in [4.78, 5) is 29.2. The Morgan fingerprint density at radius 2 is 1.84 bits per heavy atom. The lowest BCUT2D eigenvalue weighted by molar-refractivity contribution is 0.0660. The third kappa shape index (κ3) is 5.73. The molecule has 7 rings (SSSR count).